The smallest absolute Gasteiger partial charge is 0.405 e. The molecule has 510 valence electrons. The maximum absolute atomic E-state index is 6.26. The second-order valence-electron chi connectivity index (χ2n) is 29.4. The Morgan fingerprint density at radius 1 is 0.206 bits per heavy atom. The molecule has 3 heterocycles. The van der Waals surface area contributed by atoms with Gasteiger partial charge >= 0.3 is 21.1 Å². The second-order valence-corrected chi connectivity index (χ2v) is 30.3. The molecule has 3 aliphatic heterocycles. The fourth-order valence-electron chi connectivity index (χ4n) is 12.7. The Hall–Kier alpha value is -9.33. The molecule has 0 aromatic heterocycles. The van der Waals surface area contributed by atoms with E-state index in [4.69, 9.17) is 27.9 Å². The van der Waals surface area contributed by atoms with Gasteiger partial charge in [0.05, 0.1) is 33.6 Å². The minimum Gasteiger partial charge on any atom is -0.405 e. The summed E-state index contributed by atoms with van der Waals surface area (Å²) in [4.78, 5) is 4.63. The average Bonchev–Trinajstić information content (AvgIpc) is 1.57. The summed E-state index contributed by atoms with van der Waals surface area (Å²) in [5.74, 6) is 0. The Bertz CT molecular complexity index is 4470. The van der Waals surface area contributed by atoms with Crippen molar-refractivity contribution in [1.29, 1.82) is 0 Å². The standard InChI is InChI=1S/C42H38BNO2.C36H26BrN.C12H24B2O4/c1-41(2)42(3,4)46-43(45-41)37-23-15-33(16-24-37)36-21-29-40(30-22-36)44(38-25-17-34(18-26-38)31-11-7-5-8-12-31)39-27-19-35(20-28-39)32-13-9-6-10-14-32;37-33-19-11-29(12-20-33)32-17-25-36(26-18-32)38(34-21-13-30(14-22-34)27-7-3-1-4-8-27)35-23-15-31(16-24-35)28-9-5-2-6-10-28;1-9(2)10(3,4)16-13(15-9)14-17-11(5,6)12(7,8)18-14/h5-30H,1-4H3;1-26H;1-8H3. The summed E-state index contributed by atoms with van der Waals surface area (Å²) in [6, 6.07) is 112. The third kappa shape index (κ3) is 15.7. The molecular formula is C90H88B3BrN2O6. The van der Waals surface area contributed by atoms with Crippen LogP contribution in [0.25, 0.3) is 66.8 Å². The van der Waals surface area contributed by atoms with Gasteiger partial charge in [-0.2, -0.15) is 0 Å². The number of rotatable bonds is 14. The minimum absolute atomic E-state index is 0.359. The lowest BCUT2D eigenvalue weighted by molar-refractivity contribution is 0.00578. The number of halogens is 1. The Kier molecular flexibility index (Phi) is 20.6. The third-order valence-corrected chi connectivity index (χ3v) is 21.4. The van der Waals surface area contributed by atoms with Crippen LogP contribution in [0.15, 0.2) is 320 Å². The van der Waals surface area contributed by atoms with Crippen LogP contribution in [0.5, 0.6) is 0 Å². The number of benzene rings is 12. The van der Waals surface area contributed by atoms with Crippen molar-refractivity contribution < 1.29 is 27.9 Å². The van der Waals surface area contributed by atoms with Crippen LogP contribution in [0.4, 0.5) is 34.1 Å². The summed E-state index contributed by atoms with van der Waals surface area (Å²) in [6.07, 6.45) is 0. The molecule has 0 amide bonds. The first-order chi connectivity index (χ1) is 48.9. The average molecular weight is 1410 g/mol. The first-order valence-corrected chi connectivity index (χ1v) is 36.0. The van der Waals surface area contributed by atoms with Crippen LogP contribution in [0.3, 0.4) is 0 Å². The van der Waals surface area contributed by atoms with E-state index in [1.807, 2.05) is 55.4 Å². The minimum atomic E-state index is -0.476. The number of nitrogens with zero attached hydrogens (tertiary/aromatic N) is 2. The summed E-state index contributed by atoms with van der Waals surface area (Å²) < 4.78 is 37.5. The maximum Gasteiger partial charge on any atom is 0.494 e. The molecule has 0 N–H and O–H groups in total. The normalized spacial score (nSPS) is 16.5. The van der Waals surface area contributed by atoms with Gasteiger partial charge in [0.2, 0.25) is 0 Å². The summed E-state index contributed by atoms with van der Waals surface area (Å²) in [5, 5.41) is 0. The molecular weight excluding hydrogens is 1320 g/mol. The number of anilines is 6. The van der Waals surface area contributed by atoms with Crippen LogP contribution < -0.4 is 15.3 Å². The zero-order valence-corrected chi connectivity index (χ0v) is 62.1. The number of hydrogen-bond donors (Lipinski definition) is 0. The van der Waals surface area contributed by atoms with Crippen molar-refractivity contribution in [1.82, 2.24) is 0 Å². The molecule has 12 aromatic carbocycles. The third-order valence-electron chi connectivity index (χ3n) is 20.9. The molecule has 0 radical (unpaired) electrons. The molecule has 3 aliphatic rings. The molecule has 12 aromatic rings. The van der Waals surface area contributed by atoms with E-state index in [2.05, 4.69) is 369 Å². The van der Waals surface area contributed by atoms with E-state index in [1.165, 1.54) is 55.6 Å². The zero-order chi connectivity index (χ0) is 71.4. The van der Waals surface area contributed by atoms with Gasteiger partial charge in [-0.3, -0.25) is 0 Å². The van der Waals surface area contributed by atoms with Crippen LogP contribution in [0, 0.1) is 0 Å². The van der Waals surface area contributed by atoms with Gasteiger partial charge in [0.25, 0.3) is 0 Å². The highest BCUT2D eigenvalue weighted by Gasteiger charge is 2.64. The molecule has 0 atom stereocenters. The van der Waals surface area contributed by atoms with Crippen molar-refractivity contribution in [2.45, 2.75) is 117 Å². The lowest BCUT2D eigenvalue weighted by atomic mass is 9.49. The van der Waals surface area contributed by atoms with E-state index in [-0.39, 0.29) is 40.7 Å². The maximum atomic E-state index is 6.26. The molecule has 102 heavy (non-hydrogen) atoms. The lowest BCUT2D eigenvalue weighted by Crippen LogP contribution is -2.41. The van der Waals surface area contributed by atoms with E-state index < -0.39 is 14.0 Å². The first kappa shape index (κ1) is 71.1. The SMILES string of the molecule is Brc1ccc(-c2ccc(N(c3ccc(-c4ccccc4)cc3)c3ccc(-c4ccccc4)cc3)cc2)cc1.CC1(C)OB(B2OC(C)(C)C(C)(C)O2)OC1(C)C.CC1(C)OB(c2ccc(-c3ccc(N(c4ccc(-c5ccccc5)cc4)c4ccc(-c5ccccc5)cc4)cc3)cc2)OC1(C)C. The highest BCUT2D eigenvalue weighted by molar-refractivity contribution is 9.10. The molecule has 3 fully saturated rings. The van der Waals surface area contributed by atoms with Crippen molar-refractivity contribution in [3.8, 4) is 66.8 Å². The quantitative estimate of drug-likeness (QED) is 0.0998. The molecule has 0 unspecified atom stereocenters. The summed E-state index contributed by atoms with van der Waals surface area (Å²) >= 11 is 3.53. The Morgan fingerprint density at radius 2 is 0.373 bits per heavy atom. The predicted octanol–water partition coefficient (Wildman–Crippen LogP) is 23.6. The van der Waals surface area contributed by atoms with Gasteiger partial charge in [-0.1, -0.05) is 246 Å². The van der Waals surface area contributed by atoms with Crippen LogP contribution in [0.1, 0.15) is 83.1 Å². The van der Waals surface area contributed by atoms with Gasteiger partial charge in [-0.25, -0.2) is 0 Å². The molecule has 8 nitrogen and oxygen atoms in total. The van der Waals surface area contributed by atoms with Crippen LogP contribution in [0.2, 0.25) is 0 Å². The van der Waals surface area contributed by atoms with Crippen molar-refractivity contribution in [3.63, 3.8) is 0 Å². The lowest BCUT2D eigenvalue weighted by Gasteiger charge is -2.32. The van der Waals surface area contributed by atoms with Crippen LogP contribution >= 0.6 is 15.9 Å². The molecule has 0 bridgehead atoms. The molecule has 0 aliphatic carbocycles. The molecule has 0 saturated carbocycles. The first-order valence-electron chi connectivity index (χ1n) is 35.3. The summed E-state index contributed by atoms with van der Waals surface area (Å²) in [7, 11) is -1.32. The number of hydrogen-bond acceptors (Lipinski definition) is 8. The van der Waals surface area contributed by atoms with Gasteiger partial charge in [0.15, 0.2) is 0 Å². The van der Waals surface area contributed by atoms with E-state index >= 15 is 0 Å². The summed E-state index contributed by atoms with van der Waals surface area (Å²) in [6.45, 7) is 24.5. The monoisotopic (exact) mass is 1400 g/mol. The van der Waals surface area contributed by atoms with E-state index in [1.54, 1.807) is 0 Å². The van der Waals surface area contributed by atoms with Crippen LogP contribution in [-0.4, -0.2) is 54.7 Å². The van der Waals surface area contributed by atoms with Crippen molar-refractivity contribution >= 4 is 76.7 Å². The van der Waals surface area contributed by atoms with Crippen molar-refractivity contribution in [2.75, 3.05) is 9.80 Å². The largest absolute Gasteiger partial charge is 0.494 e. The van der Waals surface area contributed by atoms with Gasteiger partial charge < -0.3 is 37.7 Å². The van der Waals surface area contributed by atoms with Crippen molar-refractivity contribution in [3.05, 3.63) is 320 Å². The molecule has 15 rings (SSSR count). The van der Waals surface area contributed by atoms with Gasteiger partial charge in [-0.05, 0) is 240 Å². The van der Waals surface area contributed by atoms with E-state index in [9.17, 15) is 0 Å². The molecule has 0 spiro atoms. The molecule has 12 heteroatoms. The topological polar surface area (TPSA) is 61.9 Å². The fourth-order valence-corrected chi connectivity index (χ4v) is 13.0. The Morgan fingerprint density at radius 3 is 0.578 bits per heavy atom. The molecule has 3 saturated heterocycles. The highest BCUT2D eigenvalue weighted by atomic mass is 79.9. The summed E-state index contributed by atoms with van der Waals surface area (Å²) in [5.41, 5.74) is 19.9. The second kappa shape index (κ2) is 29.6. The van der Waals surface area contributed by atoms with Gasteiger partial charge in [-0.15, -0.1) is 0 Å². The van der Waals surface area contributed by atoms with Gasteiger partial charge in [0, 0.05) is 38.6 Å². The van der Waals surface area contributed by atoms with Gasteiger partial charge in [0.1, 0.15) is 0 Å². The fraction of sp³-hybridized carbons (Fsp3) is 0.200. The highest BCUT2D eigenvalue weighted by Crippen LogP contribution is 2.45. The Labute approximate surface area is 613 Å². The Balaban J connectivity index is 0.000000149. The van der Waals surface area contributed by atoms with Crippen molar-refractivity contribution in [2.24, 2.45) is 0 Å². The van der Waals surface area contributed by atoms with E-state index in [0.29, 0.717) is 0 Å². The predicted molar refractivity (Wildman–Crippen MR) is 430 cm³/mol. The van der Waals surface area contributed by atoms with E-state index in [0.717, 1.165) is 55.2 Å². The van der Waals surface area contributed by atoms with Crippen LogP contribution in [-0.2, 0) is 27.9 Å². The zero-order valence-electron chi connectivity index (χ0n) is 60.5.